The van der Waals surface area contributed by atoms with Crippen molar-refractivity contribution in [3.63, 3.8) is 0 Å². The van der Waals surface area contributed by atoms with Crippen molar-refractivity contribution in [3.05, 3.63) is 190 Å². The summed E-state index contributed by atoms with van der Waals surface area (Å²) in [5.74, 6) is -14.3. The molecule has 2 heterocycles. The van der Waals surface area contributed by atoms with E-state index in [1.165, 1.54) is 13.8 Å². The van der Waals surface area contributed by atoms with Crippen LogP contribution >= 0.6 is 23.2 Å². The van der Waals surface area contributed by atoms with Crippen LogP contribution in [0.1, 0.15) is 130 Å². The summed E-state index contributed by atoms with van der Waals surface area (Å²) in [4.78, 5) is 108. The molecule has 720 valence electrons. The van der Waals surface area contributed by atoms with Gasteiger partial charge >= 0.3 is 48.1 Å². The third-order valence-electron chi connectivity index (χ3n) is 20.8. The van der Waals surface area contributed by atoms with E-state index in [4.69, 9.17) is 81.5 Å². The van der Waals surface area contributed by atoms with Crippen molar-refractivity contribution in [1.29, 1.82) is 0 Å². The summed E-state index contributed by atoms with van der Waals surface area (Å²) in [6.45, 7) is 17.0. The number of carboxylic acid groups (broad SMARTS) is 2. The third-order valence-corrected chi connectivity index (χ3v) is 21.8. The lowest BCUT2D eigenvalue weighted by Crippen LogP contribution is -2.60. The van der Waals surface area contributed by atoms with Gasteiger partial charge in [-0.05, 0) is 94.8 Å². The number of benzene rings is 5. The first-order chi connectivity index (χ1) is 60.5. The highest BCUT2D eigenvalue weighted by Crippen LogP contribution is 2.41. The zero-order valence-electron chi connectivity index (χ0n) is 74.3. The van der Waals surface area contributed by atoms with Gasteiger partial charge in [-0.25, -0.2) is 38.4 Å². The van der Waals surface area contributed by atoms with Crippen molar-refractivity contribution >= 4 is 76.6 Å². The average molecular weight is 1860 g/mol. The molecule has 19 N–H and O–H groups in total. The molecule has 3 fully saturated rings. The molecule has 0 aromatic heterocycles. The fraction of sp³-hybridized carbons (Fsp3) is 0.544. The molecular weight excluding hydrogens is 1740 g/mol. The molecular formula is C90H128Cl2N4O33. The number of aliphatic hydroxyl groups is 14. The molecule has 8 rings (SSSR count). The summed E-state index contributed by atoms with van der Waals surface area (Å²) < 4.78 is 41.0. The molecule has 3 amide bonds. The van der Waals surface area contributed by atoms with Gasteiger partial charge < -0.3 is 140 Å². The van der Waals surface area contributed by atoms with Crippen molar-refractivity contribution in [2.24, 2.45) is 41.4 Å². The van der Waals surface area contributed by atoms with Crippen molar-refractivity contribution in [3.8, 4) is 0 Å². The molecule has 5 aromatic carbocycles. The lowest BCUT2D eigenvalue weighted by atomic mass is 9.68. The Balaban J connectivity index is 0.000000426. The Labute approximate surface area is 759 Å². The van der Waals surface area contributed by atoms with E-state index in [0.29, 0.717) is 5.56 Å². The molecule has 129 heavy (non-hydrogen) atoms. The van der Waals surface area contributed by atoms with Crippen LogP contribution < -0.4 is 16.0 Å². The van der Waals surface area contributed by atoms with Gasteiger partial charge in [0.05, 0.1) is 49.8 Å². The van der Waals surface area contributed by atoms with Crippen LogP contribution in [0.15, 0.2) is 162 Å². The number of hydrogen-bond acceptors (Lipinski definition) is 32. The molecule has 2 saturated heterocycles. The number of carbonyl (C=O) groups excluding carboxylic acids is 7. The summed E-state index contributed by atoms with van der Waals surface area (Å²) in [5, 5.41) is 165. The molecule has 0 radical (unpaired) electrons. The predicted octanol–water partition coefficient (Wildman–Crippen LogP) is 5.02. The molecule has 0 bridgehead atoms. The Hall–Kier alpha value is -9.59. The number of alkyl carbamates (subject to hydrolysis) is 3. The minimum Gasteiger partial charge on any atom is -0.480 e. The molecule has 1 aliphatic carbocycles. The molecule has 2 aliphatic heterocycles. The van der Waals surface area contributed by atoms with Gasteiger partial charge in [-0.15, -0.1) is 0 Å². The first kappa shape index (κ1) is 114. The number of esters is 3. The standard InChI is InChI=1S/C30H39NO11.C18H26O7.C13H16ClNO3.C13H17NO4.C10H18O8.C6H12ClN/c1-18(2)24(31-29(37)41-16-21-12-8-5-9-13-21)27(35)39-17-23(33)25(34)26-19(3)22(32)14-30(38,42-26)28(36)40-15-20-10-6-4-7-11-20;1-11-13(16(22)15(21)9-19)7-18(24,8-14(11)20)17(23)25-10-12-5-3-2-4-6-12;1-9(2)11(12(14)16)15-13(17)18-8-10-6-4-3-5-7-10;1-9(2)11(12(15)16)14-13(17)18-8-10-6-4-3-5-7-10;1-4-5(12)2-10(17,9(15)16)18-8(4)7(14)6(13)3-11;1-5(2)6(7)8(3)4/h4-13,18-19,22-26,32-34,38H,14-17H2,1-3H3,(H,31,37);2-6,11,13-16,19-22,24H,7-10H2,1H3;3-7,9,11H,8H2,1-2H3,(H,15,17);3-7,9,11H,8H2,1-2H3,(H,14,17)(H,15,16);4-8,11-14,17H,2-3H2,1H3,(H,15,16);1-4H3. The van der Waals surface area contributed by atoms with Gasteiger partial charge in [-0.2, -0.15) is 0 Å². The van der Waals surface area contributed by atoms with Crippen molar-refractivity contribution < 1.29 is 163 Å². The highest BCUT2D eigenvalue weighted by atomic mass is 35.5. The number of halogens is 2. The van der Waals surface area contributed by atoms with E-state index in [0.717, 1.165) is 33.0 Å². The van der Waals surface area contributed by atoms with E-state index in [2.05, 4.69) is 16.0 Å². The lowest BCUT2D eigenvalue weighted by Gasteiger charge is -2.44. The van der Waals surface area contributed by atoms with E-state index < -0.39 is 218 Å². The van der Waals surface area contributed by atoms with Crippen LogP contribution in [0.2, 0.25) is 0 Å². The molecule has 21 unspecified atom stereocenters. The topological polar surface area (TPSA) is 590 Å². The summed E-state index contributed by atoms with van der Waals surface area (Å²) in [7, 11) is 3.85. The van der Waals surface area contributed by atoms with E-state index >= 15 is 0 Å². The highest BCUT2D eigenvalue weighted by Gasteiger charge is 2.55. The maximum atomic E-state index is 12.7. The number of carbonyl (C=O) groups is 9. The predicted molar refractivity (Wildman–Crippen MR) is 465 cm³/mol. The summed E-state index contributed by atoms with van der Waals surface area (Å²) in [6.07, 6.45) is -19.4. The minimum absolute atomic E-state index is 0.00495. The fourth-order valence-corrected chi connectivity index (χ4v) is 13.2. The molecule has 37 nitrogen and oxygen atoms in total. The van der Waals surface area contributed by atoms with Gasteiger partial charge in [0, 0.05) is 45.2 Å². The smallest absolute Gasteiger partial charge is 0.408 e. The Bertz CT molecular complexity index is 4150. The number of nitrogens with zero attached hydrogens (tertiary/aromatic N) is 1. The zero-order valence-corrected chi connectivity index (χ0v) is 75.9. The molecule has 39 heteroatoms. The molecule has 0 spiro atoms. The van der Waals surface area contributed by atoms with Crippen LogP contribution in [0.4, 0.5) is 14.4 Å². The number of amides is 3. The van der Waals surface area contributed by atoms with Gasteiger partial charge in [0.15, 0.2) is 5.60 Å². The molecule has 3 aliphatic rings. The molecule has 1 saturated carbocycles. The number of aliphatic carboxylic acids is 2. The number of nitrogens with one attached hydrogen (secondary N) is 3. The van der Waals surface area contributed by atoms with E-state index in [1.54, 1.807) is 127 Å². The quantitative estimate of drug-likeness (QED) is 0.0113. The number of allylic oxidation sites excluding steroid dienone is 1. The van der Waals surface area contributed by atoms with Gasteiger partial charge in [-0.1, -0.05) is 226 Å². The summed E-state index contributed by atoms with van der Waals surface area (Å²) in [5.41, 5.74) is 3.10. The normalized spacial score (nSPS) is 23.6. The maximum absolute atomic E-state index is 12.7. The Morgan fingerprint density at radius 3 is 1.08 bits per heavy atom. The Kier molecular flexibility index (Phi) is 49.5. The lowest BCUT2D eigenvalue weighted by molar-refractivity contribution is -0.304. The number of hydrogen-bond donors (Lipinski definition) is 19. The second-order valence-corrected chi connectivity index (χ2v) is 33.5. The summed E-state index contributed by atoms with van der Waals surface area (Å²) >= 11 is 11.1. The van der Waals surface area contributed by atoms with Gasteiger partial charge in [-0.3, -0.25) is 4.79 Å². The molecule has 21 atom stereocenters. The second kappa shape index (κ2) is 56.2. The third kappa shape index (κ3) is 38.4. The van der Waals surface area contributed by atoms with E-state index in [1.807, 2.05) is 106 Å². The summed E-state index contributed by atoms with van der Waals surface area (Å²) in [6, 6.07) is 42.4. The van der Waals surface area contributed by atoms with Crippen LogP contribution in [0, 0.1) is 41.4 Å². The molecule has 5 aromatic rings. The van der Waals surface area contributed by atoms with Crippen molar-refractivity contribution in [2.45, 2.75) is 237 Å². The van der Waals surface area contributed by atoms with E-state index in [-0.39, 0.29) is 57.7 Å². The van der Waals surface area contributed by atoms with Gasteiger partial charge in [0.1, 0.15) is 93.4 Å². The fourth-order valence-electron chi connectivity index (χ4n) is 12.9. The largest absolute Gasteiger partial charge is 0.480 e. The number of aliphatic hydroxyl groups excluding tert-OH is 11. The zero-order chi connectivity index (χ0) is 97.4. The Morgan fingerprint density at radius 2 is 0.752 bits per heavy atom. The van der Waals surface area contributed by atoms with Gasteiger partial charge in [0.25, 0.3) is 11.6 Å². The van der Waals surface area contributed by atoms with E-state index in [9.17, 15) is 104 Å². The van der Waals surface area contributed by atoms with Crippen LogP contribution in [0.3, 0.4) is 0 Å². The number of rotatable bonds is 33. The number of ether oxygens (including phenoxy) is 8. The minimum atomic E-state index is -2.62. The van der Waals surface area contributed by atoms with Crippen molar-refractivity contribution in [2.75, 3.05) is 33.9 Å². The second-order valence-electron chi connectivity index (χ2n) is 32.7. The first-order valence-electron chi connectivity index (χ1n) is 41.5. The SMILES string of the molecule is CC(C)=C(Cl)N(C)C.CC(C)C(NC(=O)OCc1ccccc1)C(=O)Cl.CC(C)C(NC(=O)OCc1ccccc1)C(=O)O.CC(C)C(NC(=O)OCc1ccccc1)C(=O)OCC(O)C(O)C1OC(O)(C(=O)OCc2ccccc2)CC(O)C1C.CC1C(O)CC(O)(C(=O)O)OC1C(O)C(O)CO.CC1C(O)CC(O)(C(=O)OCc2ccccc2)CC1C(O)C(O)CO. The average Bonchev–Trinajstić information content (AvgIpc) is 0.786. The monoisotopic (exact) mass is 1860 g/mol. The first-order valence-corrected chi connectivity index (χ1v) is 42.3. The van der Waals surface area contributed by atoms with Crippen molar-refractivity contribution in [1.82, 2.24) is 20.9 Å². The van der Waals surface area contributed by atoms with Crippen LogP contribution in [-0.4, -0.2) is 276 Å². The van der Waals surface area contributed by atoms with Crippen LogP contribution in [0.25, 0.3) is 0 Å². The van der Waals surface area contributed by atoms with Crippen LogP contribution in [0.5, 0.6) is 0 Å². The maximum Gasteiger partial charge on any atom is 0.408 e. The Morgan fingerprint density at radius 1 is 0.434 bits per heavy atom. The van der Waals surface area contributed by atoms with Gasteiger partial charge in [0.2, 0.25) is 5.24 Å². The number of carboxylic acids is 2. The van der Waals surface area contributed by atoms with Crippen LogP contribution in [-0.2, 0) is 99.7 Å². The highest BCUT2D eigenvalue weighted by molar-refractivity contribution is 6.64.